The number of hydrogen-bond acceptors (Lipinski definition) is 2. The van der Waals surface area contributed by atoms with E-state index in [0.717, 1.165) is 16.6 Å². The molecule has 5 heteroatoms. The van der Waals surface area contributed by atoms with Crippen molar-refractivity contribution in [2.45, 2.75) is 13.1 Å². The zero-order valence-electron chi connectivity index (χ0n) is 11.3. The maximum Gasteiger partial charge on any atom is 0.240 e. The van der Waals surface area contributed by atoms with Crippen molar-refractivity contribution < 1.29 is 9.18 Å². The summed E-state index contributed by atoms with van der Waals surface area (Å²) in [7, 11) is 0. The molecule has 4 nitrogen and oxygen atoms in total. The van der Waals surface area contributed by atoms with Crippen LogP contribution < -0.4 is 5.32 Å². The van der Waals surface area contributed by atoms with E-state index in [0.29, 0.717) is 6.54 Å². The third-order valence-corrected chi connectivity index (χ3v) is 3.24. The summed E-state index contributed by atoms with van der Waals surface area (Å²) in [6.45, 7) is 0.591. The molecule has 0 spiro atoms. The molecule has 21 heavy (non-hydrogen) atoms. The average molecular weight is 283 g/mol. The second-order valence-corrected chi connectivity index (χ2v) is 4.76. The van der Waals surface area contributed by atoms with Crippen LogP contribution in [0.2, 0.25) is 0 Å². The molecule has 0 radical (unpaired) electrons. The van der Waals surface area contributed by atoms with Crippen molar-refractivity contribution in [2.24, 2.45) is 0 Å². The number of para-hydroxylation sites is 2. The Morgan fingerprint density at radius 1 is 1.14 bits per heavy atom. The number of nitrogens with zero attached hydrogens (tertiary/aromatic N) is 2. The number of aromatic nitrogens is 2. The highest BCUT2D eigenvalue weighted by Crippen LogP contribution is 2.11. The minimum absolute atomic E-state index is 0.109. The third-order valence-electron chi connectivity index (χ3n) is 3.24. The van der Waals surface area contributed by atoms with Gasteiger partial charge in [0.15, 0.2) is 0 Å². The van der Waals surface area contributed by atoms with E-state index in [1.807, 2.05) is 24.3 Å². The van der Waals surface area contributed by atoms with Gasteiger partial charge in [-0.05, 0) is 29.8 Å². The van der Waals surface area contributed by atoms with Gasteiger partial charge in [-0.2, -0.15) is 0 Å². The van der Waals surface area contributed by atoms with Crippen LogP contribution in [0.4, 0.5) is 4.39 Å². The normalized spacial score (nSPS) is 10.7. The van der Waals surface area contributed by atoms with E-state index in [2.05, 4.69) is 10.3 Å². The molecule has 1 heterocycles. The van der Waals surface area contributed by atoms with Crippen LogP contribution in [0, 0.1) is 5.82 Å². The maximum absolute atomic E-state index is 12.8. The van der Waals surface area contributed by atoms with Crippen LogP contribution >= 0.6 is 0 Å². The summed E-state index contributed by atoms with van der Waals surface area (Å²) in [6.07, 6.45) is 1.65. The molecule has 1 amide bonds. The monoisotopic (exact) mass is 283 g/mol. The first-order chi connectivity index (χ1) is 10.2. The molecule has 0 aliphatic carbocycles. The first-order valence-electron chi connectivity index (χ1n) is 6.63. The molecule has 1 aromatic heterocycles. The van der Waals surface area contributed by atoms with Gasteiger partial charge in [-0.15, -0.1) is 0 Å². The number of nitrogens with one attached hydrogen (secondary N) is 1. The third kappa shape index (κ3) is 3.08. The Hall–Kier alpha value is -2.69. The van der Waals surface area contributed by atoms with Gasteiger partial charge in [0.1, 0.15) is 12.4 Å². The lowest BCUT2D eigenvalue weighted by molar-refractivity contribution is -0.121. The van der Waals surface area contributed by atoms with Crippen LogP contribution in [0.25, 0.3) is 11.0 Å². The zero-order chi connectivity index (χ0) is 14.7. The Balaban J connectivity index is 1.62. The van der Waals surface area contributed by atoms with Gasteiger partial charge in [-0.3, -0.25) is 4.79 Å². The number of fused-ring (bicyclic) bond motifs is 1. The summed E-state index contributed by atoms with van der Waals surface area (Å²) in [4.78, 5) is 16.2. The van der Waals surface area contributed by atoms with Crippen molar-refractivity contribution in [3.05, 3.63) is 66.2 Å². The van der Waals surface area contributed by atoms with Gasteiger partial charge in [0.2, 0.25) is 5.91 Å². The Kier molecular flexibility index (Phi) is 3.64. The highest BCUT2D eigenvalue weighted by molar-refractivity contribution is 5.80. The van der Waals surface area contributed by atoms with Crippen molar-refractivity contribution in [3.63, 3.8) is 0 Å². The van der Waals surface area contributed by atoms with Gasteiger partial charge in [0.05, 0.1) is 17.4 Å². The molecular weight excluding hydrogens is 269 g/mol. The van der Waals surface area contributed by atoms with Crippen molar-refractivity contribution >= 4 is 16.9 Å². The fraction of sp³-hybridized carbons (Fsp3) is 0.125. The van der Waals surface area contributed by atoms with E-state index in [4.69, 9.17) is 0 Å². The van der Waals surface area contributed by atoms with Crippen LogP contribution in [0.3, 0.4) is 0 Å². The van der Waals surface area contributed by atoms with E-state index in [-0.39, 0.29) is 18.3 Å². The van der Waals surface area contributed by atoms with Gasteiger partial charge >= 0.3 is 0 Å². The average Bonchev–Trinajstić information content (AvgIpc) is 2.90. The Labute approximate surface area is 121 Å². The molecule has 3 rings (SSSR count). The van der Waals surface area contributed by atoms with Crippen molar-refractivity contribution in [2.75, 3.05) is 0 Å². The Morgan fingerprint density at radius 2 is 1.90 bits per heavy atom. The Morgan fingerprint density at radius 3 is 2.71 bits per heavy atom. The van der Waals surface area contributed by atoms with E-state index < -0.39 is 0 Å². The quantitative estimate of drug-likeness (QED) is 0.799. The largest absolute Gasteiger partial charge is 0.350 e. The first-order valence-corrected chi connectivity index (χ1v) is 6.63. The molecule has 3 aromatic rings. The van der Waals surface area contributed by atoms with E-state index >= 15 is 0 Å². The van der Waals surface area contributed by atoms with Crippen molar-refractivity contribution in [1.82, 2.24) is 14.9 Å². The zero-order valence-corrected chi connectivity index (χ0v) is 11.3. The summed E-state index contributed by atoms with van der Waals surface area (Å²) in [5.74, 6) is -0.391. The smallest absolute Gasteiger partial charge is 0.240 e. The predicted molar refractivity (Wildman–Crippen MR) is 78.0 cm³/mol. The Bertz CT molecular complexity index is 765. The number of carbonyl (C=O) groups excluding carboxylic acids is 1. The maximum atomic E-state index is 12.8. The molecule has 0 unspecified atom stereocenters. The molecule has 1 N–H and O–H groups in total. The molecule has 0 bridgehead atoms. The standard InChI is InChI=1S/C16H14FN3O/c17-13-7-5-12(6-8-13)9-18-16(21)10-20-11-19-14-3-1-2-4-15(14)20/h1-8,11H,9-10H2,(H,18,21). The highest BCUT2D eigenvalue weighted by Gasteiger charge is 2.06. The summed E-state index contributed by atoms with van der Waals surface area (Å²) >= 11 is 0. The van der Waals surface area contributed by atoms with Crippen LogP contribution in [0.1, 0.15) is 5.56 Å². The summed E-state index contributed by atoms with van der Waals surface area (Å²) in [5.41, 5.74) is 2.65. The topological polar surface area (TPSA) is 46.9 Å². The van der Waals surface area contributed by atoms with Gasteiger partial charge in [0, 0.05) is 6.54 Å². The second kappa shape index (κ2) is 5.75. The number of benzene rings is 2. The van der Waals surface area contributed by atoms with E-state index in [9.17, 15) is 9.18 Å². The molecule has 2 aromatic carbocycles. The number of halogens is 1. The summed E-state index contributed by atoms with van der Waals surface area (Å²) in [5, 5.41) is 2.81. The fourth-order valence-electron chi connectivity index (χ4n) is 2.15. The minimum Gasteiger partial charge on any atom is -0.350 e. The fourth-order valence-corrected chi connectivity index (χ4v) is 2.15. The van der Waals surface area contributed by atoms with Crippen LogP contribution in [0.5, 0.6) is 0 Å². The molecule has 106 valence electrons. The number of amides is 1. The van der Waals surface area contributed by atoms with Gasteiger partial charge in [-0.25, -0.2) is 9.37 Å². The molecule has 0 saturated heterocycles. The van der Waals surface area contributed by atoms with Crippen molar-refractivity contribution in [3.8, 4) is 0 Å². The predicted octanol–water partition coefficient (Wildman–Crippen LogP) is 2.49. The number of hydrogen-bond donors (Lipinski definition) is 1. The van der Waals surface area contributed by atoms with E-state index in [1.165, 1.54) is 12.1 Å². The van der Waals surface area contributed by atoms with Crippen LogP contribution in [0.15, 0.2) is 54.9 Å². The second-order valence-electron chi connectivity index (χ2n) is 4.76. The van der Waals surface area contributed by atoms with E-state index in [1.54, 1.807) is 23.0 Å². The van der Waals surface area contributed by atoms with Gasteiger partial charge < -0.3 is 9.88 Å². The molecule has 0 saturated carbocycles. The first kappa shape index (κ1) is 13.3. The number of imidazole rings is 1. The summed E-state index contributed by atoms with van der Waals surface area (Å²) < 4.78 is 14.6. The number of carbonyl (C=O) groups is 1. The van der Waals surface area contributed by atoms with Gasteiger partial charge in [0.25, 0.3) is 0 Å². The lowest BCUT2D eigenvalue weighted by Crippen LogP contribution is -2.26. The summed E-state index contributed by atoms with van der Waals surface area (Å²) in [6, 6.07) is 13.7. The van der Waals surface area contributed by atoms with Crippen LogP contribution in [-0.2, 0) is 17.9 Å². The SMILES string of the molecule is O=C(Cn1cnc2ccccc21)NCc1ccc(F)cc1. The highest BCUT2D eigenvalue weighted by atomic mass is 19.1. The van der Waals surface area contributed by atoms with Crippen molar-refractivity contribution in [1.29, 1.82) is 0 Å². The molecule has 0 atom stereocenters. The number of rotatable bonds is 4. The lowest BCUT2D eigenvalue weighted by atomic mass is 10.2. The molecular formula is C16H14FN3O. The van der Waals surface area contributed by atoms with Crippen LogP contribution in [-0.4, -0.2) is 15.5 Å². The van der Waals surface area contributed by atoms with Gasteiger partial charge in [-0.1, -0.05) is 24.3 Å². The minimum atomic E-state index is -0.282. The lowest BCUT2D eigenvalue weighted by Gasteiger charge is -2.07. The molecule has 0 fully saturated rings. The molecule has 0 aliphatic rings. The molecule has 0 aliphatic heterocycles.